The van der Waals surface area contributed by atoms with Crippen LogP contribution in [0.25, 0.3) is 0 Å². The minimum absolute atomic E-state index is 0.207. The topological polar surface area (TPSA) is 132 Å². The van der Waals surface area contributed by atoms with E-state index in [9.17, 15) is 14.2 Å². The van der Waals surface area contributed by atoms with Crippen LogP contribution >= 0.6 is 7.82 Å². The Bertz CT molecular complexity index is 826. The summed E-state index contributed by atoms with van der Waals surface area (Å²) in [5, 5.41) is 0. The van der Waals surface area contributed by atoms with Crippen LogP contribution in [0, 0.1) is 5.92 Å². The molecule has 264 valence electrons. The molecule has 0 aromatic heterocycles. The number of epoxide rings is 1. The average Bonchev–Trinajstić information content (AvgIpc) is 3.73. The summed E-state index contributed by atoms with van der Waals surface area (Å²) in [5.74, 6) is -0.138. The summed E-state index contributed by atoms with van der Waals surface area (Å²) >= 11 is 0. The highest BCUT2D eigenvalue weighted by Crippen LogP contribution is 2.36. The molecule has 1 heterocycles. The maximum Gasteiger partial charge on any atom is 0.469 e. The van der Waals surface area contributed by atoms with Crippen LogP contribution in [-0.2, 0) is 32.9 Å². The molecule has 0 radical (unpaired) electrons. The van der Waals surface area contributed by atoms with Crippen molar-refractivity contribution in [2.75, 3.05) is 13.2 Å². The van der Waals surface area contributed by atoms with Gasteiger partial charge in [0.1, 0.15) is 6.61 Å². The number of rotatable bonds is 31. The molecule has 0 aromatic rings. The van der Waals surface area contributed by atoms with E-state index in [-0.39, 0.29) is 19.4 Å². The van der Waals surface area contributed by atoms with Crippen LogP contribution in [0.5, 0.6) is 0 Å². The van der Waals surface area contributed by atoms with E-state index in [1.54, 1.807) is 0 Å². The van der Waals surface area contributed by atoms with Crippen LogP contribution in [0.4, 0.5) is 0 Å². The number of carbonyl (C=O) groups is 2. The lowest BCUT2D eigenvalue weighted by atomic mass is 10.0. The summed E-state index contributed by atoms with van der Waals surface area (Å²) in [6.07, 6.45) is 26.9. The van der Waals surface area contributed by atoms with Crippen molar-refractivity contribution in [3.63, 3.8) is 0 Å². The van der Waals surface area contributed by atoms with E-state index in [0.717, 1.165) is 63.7 Å². The van der Waals surface area contributed by atoms with E-state index in [0.29, 0.717) is 25.0 Å². The van der Waals surface area contributed by atoms with Gasteiger partial charge in [0, 0.05) is 12.8 Å². The van der Waals surface area contributed by atoms with Crippen LogP contribution in [0.2, 0.25) is 0 Å². The molecule has 9 nitrogen and oxygen atoms in total. The van der Waals surface area contributed by atoms with Crippen molar-refractivity contribution in [1.29, 1.82) is 0 Å². The summed E-state index contributed by atoms with van der Waals surface area (Å²) in [5.41, 5.74) is 0. The zero-order valence-corrected chi connectivity index (χ0v) is 29.5. The first-order chi connectivity index (χ1) is 21.6. The molecule has 0 aromatic carbocycles. The highest BCUT2D eigenvalue weighted by atomic mass is 31.2. The van der Waals surface area contributed by atoms with Gasteiger partial charge in [0.25, 0.3) is 0 Å². The van der Waals surface area contributed by atoms with E-state index in [1.807, 2.05) is 0 Å². The number of phosphoric acid groups is 1. The lowest BCUT2D eigenvalue weighted by molar-refractivity contribution is -0.161. The van der Waals surface area contributed by atoms with E-state index in [4.69, 9.17) is 24.0 Å². The molecule has 1 saturated heterocycles. The van der Waals surface area contributed by atoms with Gasteiger partial charge in [0.15, 0.2) is 6.10 Å². The Morgan fingerprint density at radius 2 is 1.36 bits per heavy atom. The fraction of sp³-hybridized carbons (Fsp3) is 0.886. The molecule has 0 saturated carbocycles. The van der Waals surface area contributed by atoms with Gasteiger partial charge in [0.05, 0.1) is 18.8 Å². The van der Waals surface area contributed by atoms with Crippen molar-refractivity contribution in [2.45, 2.75) is 180 Å². The van der Waals surface area contributed by atoms with Crippen LogP contribution < -0.4 is 0 Å². The standard InChI is InChI=1S/C35H65O9P/c1-4-5-18-24-32-33(44-32)25-20-15-11-7-9-12-16-21-26-34(36)41-28-31(29-42-45(38,39)40)43-35(37)27-22-17-13-8-6-10-14-19-23-30(2)3/h15,20,30-33H,4-14,16-19,21-29H2,1-3H3,(H2,38,39,40)/b20-15-/t31-,32?,33?/m1/s1. The van der Waals surface area contributed by atoms with Gasteiger partial charge in [0.2, 0.25) is 0 Å². The smallest absolute Gasteiger partial charge is 0.462 e. The first-order valence-electron chi connectivity index (χ1n) is 18.0. The molecule has 1 aliphatic heterocycles. The monoisotopic (exact) mass is 660 g/mol. The Morgan fingerprint density at radius 1 is 0.756 bits per heavy atom. The molecular weight excluding hydrogens is 595 g/mol. The third-order valence-electron chi connectivity index (χ3n) is 8.14. The molecule has 1 rings (SSSR count). The van der Waals surface area contributed by atoms with Crippen LogP contribution in [0.15, 0.2) is 12.2 Å². The predicted molar refractivity (Wildman–Crippen MR) is 179 cm³/mol. The minimum Gasteiger partial charge on any atom is -0.462 e. The molecule has 10 heteroatoms. The van der Waals surface area contributed by atoms with Gasteiger partial charge in [-0.15, -0.1) is 0 Å². The molecule has 0 aliphatic carbocycles. The van der Waals surface area contributed by atoms with E-state index in [2.05, 4.69) is 37.4 Å². The highest BCUT2D eigenvalue weighted by Gasteiger charge is 2.36. The number of hydrogen-bond donors (Lipinski definition) is 2. The second-order valence-corrected chi connectivity index (χ2v) is 14.3. The molecule has 1 aliphatic rings. The molecule has 0 amide bonds. The summed E-state index contributed by atoms with van der Waals surface area (Å²) in [7, 11) is -4.75. The highest BCUT2D eigenvalue weighted by molar-refractivity contribution is 7.46. The molecule has 2 unspecified atom stereocenters. The molecule has 2 N–H and O–H groups in total. The zero-order valence-electron chi connectivity index (χ0n) is 28.6. The molecule has 0 bridgehead atoms. The van der Waals surface area contributed by atoms with Crippen molar-refractivity contribution < 1.29 is 42.7 Å². The maximum atomic E-state index is 12.3. The average molecular weight is 661 g/mol. The van der Waals surface area contributed by atoms with E-state index in [1.165, 1.54) is 57.8 Å². The van der Waals surface area contributed by atoms with Crippen molar-refractivity contribution in [1.82, 2.24) is 0 Å². The summed E-state index contributed by atoms with van der Waals surface area (Å²) in [6, 6.07) is 0. The number of esters is 2. The SMILES string of the molecule is CCCCCC1OC1C/C=C\CCCCCCCC(=O)OC[C@H](COP(=O)(O)O)OC(=O)CCCCCCCCCCC(C)C. The number of ether oxygens (including phenoxy) is 3. The molecule has 45 heavy (non-hydrogen) atoms. The first-order valence-corrected chi connectivity index (χ1v) is 19.5. The summed E-state index contributed by atoms with van der Waals surface area (Å²) in [6.45, 7) is 5.90. The van der Waals surface area contributed by atoms with Gasteiger partial charge in [-0.3, -0.25) is 14.1 Å². The Kier molecular flexibility index (Phi) is 24.9. The van der Waals surface area contributed by atoms with Crippen molar-refractivity contribution in [3.8, 4) is 0 Å². The maximum absolute atomic E-state index is 12.3. The van der Waals surface area contributed by atoms with E-state index >= 15 is 0 Å². The van der Waals surface area contributed by atoms with Gasteiger partial charge < -0.3 is 24.0 Å². The lowest BCUT2D eigenvalue weighted by Gasteiger charge is -2.18. The van der Waals surface area contributed by atoms with Gasteiger partial charge in [-0.1, -0.05) is 123 Å². The zero-order chi connectivity index (χ0) is 33.2. The second kappa shape index (κ2) is 26.8. The number of unbranched alkanes of at least 4 members (excludes halogenated alkanes) is 14. The first kappa shape index (κ1) is 41.8. The normalized spacial score (nSPS) is 17.2. The lowest BCUT2D eigenvalue weighted by Crippen LogP contribution is -2.29. The summed E-state index contributed by atoms with van der Waals surface area (Å²) < 4.78 is 32.0. The third-order valence-corrected chi connectivity index (χ3v) is 8.62. The van der Waals surface area contributed by atoms with Crippen molar-refractivity contribution >= 4 is 19.8 Å². The number of phosphoric ester groups is 1. The summed E-state index contributed by atoms with van der Waals surface area (Å²) in [4.78, 5) is 42.6. The Morgan fingerprint density at radius 3 is 1.98 bits per heavy atom. The minimum atomic E-state index is -4.75. The number of allylic oxidation sites excluding steroid dienone is 1. The van der Waals surface area contributed by atoms with Crippen molar-refractivity contribution in [2.24, 2.45) is 5.92 Å². The van der Waals surface area contributed by atoms with E-state index < -0.39 is 32.5 Å². The molecule has 1 fully saturated rings. The van der Waals surface area contributed by atoms with Gasteiger partial charge in [-0.25, -0.2) is 4.57 Å². The molecular formula is C35H65O9P. The predicted octanol–water partition coefficient (Wildman–Crippen LogP) is 9.13. The van der Waals surface area contributed by atoms with Gasteiger partial charge in [-0.2, -0.15) is 0 Å². The molecule has 0 spiro atoms. The van der Waals surface area contributed by atoms with Crippen molar-refractivity contribution in [3.05, 3.63) is 12.2 Å². The Labute approximate surface area is 273 Å². The van der Waals surface area contributed by atoms with Gasteiger partial charge >= 0.3 is 19.8 Å². The van der Waals surface area contributed by atoms with Gasteiger partial charge in [-0.05, 0) is 44.4 Å². The van der Waals surface area contributed by atoms with Crippen LogP contribution in [0.3, 0.4) is 0 Å². The Hall–Kier alpha value is -1.25. The third kappa shape index (κ3) is 27.6. The number of hydrogen-bond acceptors (Lipinski definition) is 7. The quantitative estimate of drug-likeness (QED) is 0.0246. The fourth-order valence-corrected chi connectivity index (χ4v) is 5.69. The molecule has 3 atom stereocenters. The second-order valence-electron chi connectivity index (χ2n) is 13.1. The largest absolute Gasteiger partial charge is 0.469 e. The fourth-order valence-electron chi connectivity index (χ4n) is 5.33. The Balaban J connectivity index is 2.10. The van der Waals surface area contributed by atoms with Crippen LogP contribution in [-0.4, -0.2) is 53.3 Å². The van der Waals surface area contributed by atoms with Crippen LogP contribution in [0.1, 0.15) is 162 Å². The number of carbonyl (C=O) groups excluding carboxylic acids is 2.